The molecule has 1 aromatic rings. The number of benzene rings is 1. The van der Waals surface area contributed by atoms with E-state index < -0.39 is 0 Å². The van der Waals surface area contributed by atoms with Crippen LogP contribution in [0.5, 0.6) is 5.75 Å². The Kier molecular flexibility index (Phi) is 5.04. The summed E-state index contributed by atoms with van der Waals surface area (Å²) in [5.41, 5.74) is 6.44. The molecule has 0 saturated carbocycles. The minimum Gasteiger partial charge on any atom is -0.491 e. The van der Waals surface area contributed by atoms with Crippen molar-refractivity contribution in [1.82, 2.24) is 0 Å². The molecule has 0 bridgehead atoms. The van der Waals surface area contributed by atoms with Gasteiger partial charge in [0.1, 0.15) is 12.4 Å². The molecule has 0 aliphatic carbocycles. The third-order valence-corrected chi connectivity index (χ3v) is 1.75. The third-order valence-electron chi connectivity index (χ3n) is 1.75. The Hall–Kier alpha value is -1.06. The molecule has 1 aromatic carbocycles. The zero-order chi connectivity index (χ0) is 10.2. The molecule has 0 heterocycles. The number of nitrogens with two attached hydrogens (primary N) is 1. The molecule has 1 radical (unpaired) electrons. The van der Waals surface area contributed by atoms with Crippen molar-refractivity contribution < 1.29 is 9.47 Å². The lowest BCUT2D eigenvalue weighted by Gasteiger charge is -2.06. The van der Waals surface area contributed by atoms with E-state index in [1.54, 1.807) is 0 Å². The van der Waals surface area contributed by atoms with Crippen LogP contribution in [0.4, 0.5) is 0 Å². The monoisotopic (exact) mass is 194 g/mol. The first-order valence-corrected chi connectivity index (χ1v) is 4.78. The molecule has 2 N–H and O–H groups in total. The second-order valence-electron chi connectivity index (χ2n) is 2.80. The summed E-state index contributed by atoms with van der Waals surface area (Å²) in [5.74, 6) is 0.823. The molecule has 77 valence electrons. The van der Waals surface area contributed by atoms with Gasteiger partial charge in [0.2, 0.25) is 0 Å². The molecule has 0 aromatic heterocycles. The SMILES string of the molecule is CCOCCOc1cc[c]c(CN)c1. The van der Waals surface area contributed by atoms with Gasteiger partial charge in [-0.05, 0) is 30.7 Å². The highest BCUT2D eigenvalue weighted by Gasteiger charge is 1.95. The maximum atomic E-state index is 5.48. The van der Waals surface area contributed by atoms with Gasteiger partial charge in [0.15, 0.2) is 0 Å². The smallest absolute Gasteiger partial charge is 0.119 e. The van der Waals surface area contributed by atoms with E-state index in [0.29, 0.717) is 19.8 Å². The van der Waals surface area contributed by atoms with Crippen LogP contribution in [0, 0.1) is 6.07 Å². The van der Waals surface area contributed by atoms with Crippen LogP contribution in [-0.4, -0.2) is 19.8 Å². The van der Waals surface area contributed by atoms with Crippen LogP contribution in [0.1, 0.15) is 12.5 Å². The molecular weight excluding hydrogens is 178 g/mol. The average molecular weight is 194 g/mol. The van der Waals surface area contributed by atoms with Gasteiger partial charge in [-0.25, -0.2) is 0 Å². The minimum absolute atomic E-state index is 0.489. The van der Waals surface area contributed by atoms with E-state index in [-0.39, 0.29) is 0 Å². The Morgan fingerprint density at radius 1 is 1.43 bits per heavy atom. The first kappa shape index (κ1) is 11.0. The van der Waals surface area contributed by atoms with Crippen molar-refractivity contribution >= 4 is 0 Å². The zero-order valence-corrected chi connectivity index (χ0v) is 8.45. The third kappa shape index (κ3) is 3.77. The highest BCUT2D eigenvalue weighted by atomic mass is 16.5. The largest absolute Gasteiger partial charge is 0.491 e. The normalized spacial score (nSPS) is 10.1. The van der Waals surface area contributed by atoms with Crippen molar-refractivity contribution in [2.24, 2.45) is 5.73 Å². The van der Waals surface area contributed by atoms with Crippen LogP contribution in [0.15, 0.2) is 18.2 Å². The highest BCUT2D eigenvalue weighted by molar-refractivity contribution is 5.27. The predicted molar refractivity (Wildman–Crippen MR) is 55.2 cm³/mol. The van der Waals surface area contributed by atoms with Gasteiger partial charge in [-0.15, -0.1) is 0 Å². The molecular formula is C11H16NO2. The molecule has 0 aliphatic heterocycles. The van der Waals surface area contributed by atoms with Crippen LogP contribution in [0.2, 0.25) is 0 Å². The summed E-state index contributed by atoms with van der Waals surface area (Å²) in [5, 5.41) is 0. The van der Waals surface area contributed by atoms with Crippen LogP contribution in [-0.2, 0) is 11.3 Å². The summed E-state index contributed by atoms with van der Waals surface area (Å²) < 4.78 is 10.6. The Bertz CT molecular complexity index is 263. The van der Waals surface area contributed by atoms with E-state index in [0.717, 1.165) is 17.9 Å². The van der Waals surface area contributed by atoms with Crippen molar-refractivity contribution in [1.29, 1.82) is 0 Å². The van der Waals surface area contributed by atoms with Gasteiger partial charge in [0.25, 0.3) is 0 Å². The molecule has 0 amide bonds. The molecule has 14 heavy (non-hydrogen) atoms. The fourth-order valence-electron chi connectivity index (χ4n) is 1.06. The summed E-state index contributed by atoms with van der Waals surface area (Å²) in [6.45, 7) is 4.36. The standard InChI is InChI=1S/C11H16NO2/c1-2-13-6-7-14-11-5-3-4-10(8-11)9-12/h3,5,8H,2,6-7,9,12H2,1H3. The van der Waals surface area contributed by atoms with Gasteiger partial charge in [0.05, 0.1) is 6.61 Å². The van der Waals surface area contributed by atoms with E-state index >= 15 is 0 Å². The van der Waals surface area contributed by atoms with E-state index in [1.807, 2.05) is 25.1 Å². The molecule has 1 rings (SSSR count). The number of ether oxygens (including phenoxy) is 2. The first-order valence-electron chi connectivity index (χ1n) is 4.78. The van der Waals surface area contributed by atoms with Gasteiger partial charge in [-0.3, -0.25) is 0 Å². The molecule has 0 unspecified atom stereocenters. The van der Waals surface area contributed by atoms with Gasteiger partial charge >= 0.3 is 0 Å². The summed E-state index contributed by atoms with van der Waals surface area (Å²) in [6.07, 6.45) is 0. The van der Waals surface area contributed by atoms with Crippen LogP contribution >= 0.6 is 0 Å². The van der Waals surface area contributed by atoms with Crippen molar-refractivity contribution in [3.63, 3.8) is 0 Å². The minimum atomic E-state index is 0.489. The van der Waals surface area contributed by atoms with E-state index in [9.17, 15) is 0 Å². The topological polar surface area (TPSA) is 44.5 Å². The predicted octanol–water partition coefficient (Wildman–Crippen LogP) is 1.36. The second kappa shape index (κ2) is 6.40. The van der Waals surface area contributed by atoms with Crippen LogP contribution in [0.25, 0.3) is 0 Å². The lowest BCUT2D eigenvalue weighted by molar-refractivity contribution is 0.110. The molecule has 0 spiro atoms. The molecule has 0 atom stereocenters. The summed E-state index contributed by atoms with van der Waals surface area (Å²) in [4.78, 5) is 0. The maximum Gasteiger partial charge on any atom is 0.119 e. The lowest BCUT2D eigenvalue weighted by Crippen LogP contribution is -2.06. The fourth-order valence-corrected chi connectivity index (χ4v) is 1.06. The molecule has 3 nitrogen and oxygen atoms in total. The van der Waals surface area contributed by atoms with Gasteiger partial charge in [-0.2, -0.15) is 0 Å². The molecule has 3 heteroatoms. The van der Waals surface area contributed by atoms with Crippen LogP contribution in [0.3, 0.4) is 0 Å². The Morgan fingerprint density at radius 3 is 3.00 bits per heavy atom. The molecule has 0 fully saturated rings. The fraction of sp³-hybridized carbons (Fsp3) is 0.455. The van der Waals surface area contributed by atoms with E-state index in [2.05, 4.69) is 6.07 Å². The first-order chi connectivity index (χ1) is 6.86. The summed E-state index contributed by atoms with van der Waals surface area (Å²) in [7, 11) is 0. The Balaban J connectivity index is 2.34. The van der Waals surface area contributed by atoms with Crippen molar-refractivity contribution in [3.05, 3.63) is 29.8 Å². The van der Waals surface area contributed by atoms with Crippen molar-refractivity contribution in [3.8, 4) is 5.75 Å². The second-order valence-corrected chi connectivity index (χ2v) is 2.80. The van der Waals surface area contributed by atoms with E-state index in [4.69, 9.17) is 15.2 Å². The number of hydrogen-bond donors (Lipinski definition) is 1. The zero-order valence-electron chi connectivity index (χ0n) is 8.45. The highest BCUT2D eigenvalue weighted by Crippen LogP contribution is 2.11. The maximum absolute atomic E-state index is 5.48. The quantitative estimate of drug-likeness (QED) is 0.695. The van der Waals surface area contributed by atoms with E-state index in [1.165, 1.54) is 0 Å². The average Bonchev–Trinajstić information content (AvgIpc) is 2.25. The lowest BCUT2D eigenvalue weighted by atomic mass is 10.2. The van der Waals surface area contributed by atoms with Gasteiger partial charge in [-0.1, -0.05) is 6.07 Å². The summed E-state index contributed by atoms with van der Waals surface area (Å²) >= 11 is 0. The number of rotatable bonds is 6. The summed E-state index contributed by atoms with van der Waals surface area (Å²) in [6, 6.07) is 8.60. The van der Waals surface area contributed by atoms with Gasteiger partial charge < -0.3 is 15.2 Å². The van der Waals surface area contributed by atoms with Crippen molar-refractivity contribution in [2.75, 3.05) is 19.8 Å². The molecule has 0 saturated heterocycles. The molecule has 0 aliphatic rings. The Morgan fingerprint density at radius 2 is 2.29 bits per heavy atom. The Labute approximate surface area is 84.8 Å². The number of hydrogen-bond acceptors (Lipinski definition) is 3. The van der Waals surface area contributed by atoms with Crippen LogP contribution < -0.4 is 10.5 Å². The van der Waals surface area contributed by atoms with Gasteiger partial charge in [0, 0.05) is 13.2 Å². The van der Waals surface area contributed by atoms with Crippen molar-refractivity contribution in [2.45, 2.75) is 13.5 Å².